The molecule has 4 heteroatoms. The quantitative estimate of drug-likeness (QED) is 0.589. The van der Waals surface area contributed by atoms with Crippen LogP contribution in [0.15, 0.2) is 70.9 Å². The molecule has 24 heavy (non-hydrogen) atoms. The first-order valence-corrected chi connectivity index (χ1v) is 7.84. The van der Waals surface area contributed by atoms with Crippen LogP contribution in [0.25, 0.3) is 10.8 Å². The largest absolute Gasteiger partial charge is 0.507 e. The molecule has 0 saturated carbocycles. The summed E-state index contributed by atoms with van der Waals surface area (Å²) in [6.07, 6.45) is 0. The Kier molecular flexibility index (Phi) is 4.21. The van der Waals surface area contributed by atoms with Gasteiger partial charge in [0.05, 0.1) is 11.4 Å². The summed E-state index contributed by atoms with van der Waals surface area (Å²) in [5.74, 6) is 1.05. The SMILES string of the molecule is CC(C)(C)Oc1ccc(N=Nc2ccc(O)c3ccccc23)cc1. The lowest BCUT2D eigenvalue weighted by Gasteiger charge is -2.21. The average molecular weight is 320 g/mol. The van der Waals surface area contributed by atoms with Crippen molar-refractivity contribution in [2.45, 2.75) is 26.4 Å². The van der Waals surface area contributed by atoms with Gasteiger partial charge in [0, 0.05) is 10.8 Å². The van der Waals surface area contributed by atoms with E-state index in [4.69, 9.17) is 4.74 Å². The van der Waals surface area contributed by atoms with E-state index in [9.17, 15) is 5.11 Å². The predicted molar refractivity (Wildman–Crippen MR) is 96.6 cm³/mol. The lowest BCUT2D eigenvalue weighted by atomic mass is 10.1. The zero-order valence-corrected chi connectivity index (χ0v) is 14.0. The molecular weight excluding hydrogens is 300 g/mol. The van der Waals surface area contributed by atoms with Crippen LogP contribution in [0.3, 0.4) is 0 Å². The number of rotatable bonds is 3. The van der Waals surface area contributed by atoms with Gasteiger partial charge in [-0.1, -0.05) is 24.3 Å². The standard InChI is InChI=1S/C20H20N2O2/c1-20(2,3)24-15-10-8-14(9-11-15)21-22-18-12-13-19(23)17-7-5-4-6-16(17)18/h4-13,23H,1-3H3. The van der Waals surface area contributed by atoms with Crippen LogP contribution in [-0.4, -0.2) is 10.7 Å². The summed E-state index contributed by atoms with van der Waals surface area (Å²) in [4.78, 5) is 0. The molecule has 0 aliphatic carbocycles. The molecule has 3 aromatic rings. The molecule has 0 atom stereocenters. The fraction of sp³-hybridized carbons (Fsp3) is 0.200. The number of benzene rings is 3. The van der Waals surface area contributed by atoms with Crippen molar-refractivity contribution < 1.29 is 9.84 Å². The first-order chi connectivity index (χ1) is 11.4. The number of hydrogen-bond acceptors (Lipinski definition) is 4. The van der Waals surface area contributed by atoms with Crippen molar-refractivity contribution in [3.63, 3.8) is 0 Å². The predicted octanol–water partition coefficient (Wildman–Crippen LogP) is 6.14. The van der Waals surface area contributed by atoms with Gasteiger partial charge in [-0.3, -0.25) is 0 Å². The second kappa shape index (κ2) is 6.32. The molecule has 4 nitrogen and oxygen atoms in total. The summed E-state index contributed by atoms with van der Waals surface area (Å²) in [5.41, 5.74) is 1.24. The Hall–Kier alpha value is -2.88. The van der Waals surface area contributed by atoms with Crippen molar-refractivity contribution in [1.29, 1.82) is 0 Å². The van der Waals surface area contributed by atoms with Crippen LogP contribution < -0.4 is 4.74 Å². The highest BCUT2D eigenvalue weighted by molar-refractivity contribution is 5.96. The van der Waals surface area contributed by atoms with Crippen LogP contribution >= 0.6 is 0 Å². The second-order valence-electron chi connectivity index (χ2n) is 6.56. The second-order valence-corrected chi connectivity index (χ2v) is 6.56. The molecule has 0 spiro atoms. The molecule has 0 amide bonds. The fourth-order valence-corrected chi connectivity index (χ4v) is 2.40. The normalized spacial score (nSPS) is 12.0. The van der Waals surface area contributed by atoms with Gasteiger partial charge in [0.15, 0.2) is 0 Å². The summed E-state index contributed by atoms with van der Waals surface area (Å²) >= 11 is 0. The summed E-state index contributed by atoms with van der Waals surface area (Å²) in [6.45, 7) is 6.03. The minimum Gasteiger partial charge on any atom is -0.507 e. The Bertz CT molecular complexity index is 878. The molecule has 3 aromatic carbocycles. The van der Waals surface area contributed by atoms with Crippen molar-refractivity contribution >= 4 is 22.1 Å². The summed E-state index contributed by atoms with van der Waals surface area (Å²) in [7, 11) is 0. The molecule has 0 fully saturated rings. The first-order valence-electron chi connectivity index (χ1n) is 7.84. The highest BCUT2D eigenvalue weighted by Crippen LogP contribution is 2.33. The van der Waals surface area contributed by atoms with E-state index in [-0.39, 0.29) is 11.4 Å². The van der Waals surface area contributed by atoms with Gasteiger partial charge in [0.25, 0.3) is 0 Å². The minimum atomic E-state index is -0.228. The van der Waals surface area contributed by atoms with Gasteiger partial charge in [-0.2, -0.15) is 5.11 Å². The van der Waals surface area contributed by atoms with Crippen LogP contribution in [-0.2, 0) is 0 Å². The maximum Gasteiger partial charge on any atom is 0.123 e. The molecule has 122 valence electrons. The highest BCUT2D eigenvalue weighted by atomic mass is 16.5. The summed E-state index contributed by atoms with van der Waals surface area (Å²) in [6, 6.07) is 18.5. The third kappa shape index (κ3) is 3.71. The van der Waals surface area contributed by atoms with Gasteiger partial charge in [-0.05, 0) is 57.2 Å². The lowest BCUT2D eigenvalue weighted by Crippen LogP contribution is -2.22. The Morgan fingerprint density at radius 1 is 0.792 bits per heavy atom. The molecule has 0 saturated heterocycles. The van der Waals surface area contributed by atoms with Crippen molar-refractivity contribution in [1.82, 2.24) is 0 Å². The molecule has 0 aromatic heterocycles. The monoisotopic (exact) mass is 320 g/mol. The van der Waals surface area contributed by atoms with Crippen LogP contribution in [0, 0.1) is 0 Å². The fourth-order valence-electron chi connectivity index (χ4n) is 2.40. The zero-order valence-electron chi connectivity index (χ0n) is 14.0. The van der Waals surface area contributed by atoms with E-state index in [0.717, 1.165) is 27.9 Å². The van der Waals surface area contributed by atoms with Gasteiger partial charge in [-0.25, -0.2) is 0 Å². The third-order valence-corrected chi connectivity index (χ3v) is 3.41. The van der Waals surface area contributed by atoms with Crippen molar-refractivity contribution in [2.75, 3.05) is 0 Å². The lowest BCUT2D eigenvalue weighted by molar-refractivity contribution is 0.131. The zero-order chi connectivity index (χ0) is 17.2. The van der Waals surface area contributed by atoms with Crippen LogP contribution in [0.1, 0.15) is 20.8 Å². The van der Waals surface area contributed by atoms with Gasteiger partial charge in [-0.15, -0.1) is 5.11 Å². The number of fused-ring (bicyclic) bond motifs is 1. The molecule has 0 heterocycles. The number of phenols is 1. The molecule has 0 aliphatic rings. The van der Waals surface area contributed by atoms with Crippen LogP contribution in [0.2, 0.25) is 0 Å². The molecule has 0 aliphatic heterocycles. The number of phenolic OH excluding ortho intramolecular Hbond substituents is 1. The van der Waals surface area contributed by atoms with Crippen molar-refractivity contribution in [2.24, 2.45) is 10.2 Å². The van der Waals surface area contributed by atoms with Crippen molar-refractivity contribution in [3.05, 3.63) is 60.7 Å². The average Bonchev–Trinajstić information content (AvgIpc) is 2.55. The molecule has 1 N–H and O–H groups in total. The third-order valence-electron chi connectivity index (χ3n) is 3.41. The maximum atomic E-state index is 9.92. The van der Waals surface area contributed by atoms with Gasteiger partial charge in [0.2, 0.25) is 0 Å². The molecule has 0 bridgehead atoms. The number of nitrogens with zero attached hydrogens (tertiary/aromatic N) is 2. The molecule has 3 rings (SSSR count). The molecular formula is C20H20N2O2. The van der Waals surface area contributed by atoms with Crippen LogP contribution in [0.4, 0.5) is 11.4 Å². The van der Waals surface area contributed by atoms with E-state index in [1.54, 1.807) is 12.1 Å². The maximum absolute atomic E-state index is 9.92. The van der Waals surface area contributed by atoms with E-state index in [1.165, 1.54) is 0 Å². The molecule has 0 radical (unpaired) electrons. The van der Waals surface area contributed by atoms with Gasteiger partial charge >= 0.3 is 0 Å². The Labute approximate surface area is 141 Å². The Balaban J connectivity index is 1.85. The minimum absolute atomic E-state index is 0.228. The van der Waals surface area contributed by atoms with Gasteiger partial charge < -0.3 is 9.84 Å². The Morgan fingerprint density at radius 3 is 2.12 bits per heavy atom. The van der Waals surface area contributed by atoms with E-state index < -0.39 is 0 Å². The topological polar surface area (TPSA) is 54.2 Å². The number of azo groups is 1. The smallest absolute Gasteiger partial charge is 0.123 e. The van der Waals surface area contributed by atoms with E-state index in [1.807, 2.05) is 69.3 Å². The number of hydrogen-bond donors (Lipinski definition) is 1. The Morgan fingerprint density at radius 2 is 1.46 bits per heavy atom. The van der Waals surface area contributed by atoms with E-state index in [2.05, 4.69) is 10.2 Å². The van der Waals surface area contributed by atoms with E-state index >= 15 is 0 Å². The molecule has 0 unspecified atom stereocenters. The first kappa shape index (κ1) is 16.0. The number of ether oxygens (including phenoxy) is 1. The highest BCUT2D eigenvalue weighted by Gasteiger charge is 2.11. The number of aromatic hydroxyl groups is 1. The van der Waals surface area contributed by atoms with Crippen LogP contribution in [0.5, 0.6) is 11.5 Å². The van der Waals surface area contributed by atoms with Crippen molar-refractivity contribution in [3.8, 4) is 11.5 Å². The summed E-state index contributed by atoms with van der Waals surface area (Å²) in [5, 5.41) is 20.2. The van der Waals surface area contributed by atoms with E-state index in [0.29, 0.717) is 0 Å². The van der Waals surface area contributed by atoms with Gasteiger partial charge in [0.1, 0.15) is 17.1 Å². The summed E-state index contributed by atoms with van der Waals surface area (Å²) < 4.78 is 5.79.